The summed E-state index contributed by atoms with van der Waals surface area (Å²) in [6, 6.07) is 6.62. The van der Waals surface area contributed by atoms with Crippen LogP contribution in [0.2, 0.25) is 5.02 Å². The molecule has 3 rings (SSSR count). The molecule has 0 aromatic heterocycles. The molecule has 0 radical (unpaired) electrons. The van der Waals surface area contributed by atoms with E-state index >= 15 is 0 Å². The number of halogens is 1. The van der Waals surface area contributed by atoms with E-state index < -0.39 is 11.6 Å². The number of nitrogens with zero attached hydrogens (tertiary/aromatic N) is 2. The number of hydrogen-bond acceptors (Lipinski definition) is 4. The van der Waals surface area contributed by atoms with Crippen LogP contribution in [0.3, 0.4) is 0 Å². The summed E-state index contributed by atoms with van der Waals surface area (Å²) >= 11 is 5.84. The molecule has 1 aliphatic heterocycles. The zero-order valence-corrected chi connectivity index (χ0v) is 17.7. The minimum absolute atomic E-state index is 0.226. The van der Waals surface area contributed by atoms with Gasteiger partial charge in [0, 0.05) is 18.6 Å². The minimum Gasteiger partial charge on any atom is -0.494 e. The largest absolute Gasteiger partial charge is 0.494 e. The van der Waals surface area contributed by atoms with Gasteiger partial charge in [-0.25, -0.2) is 4.79 Å². The normalized spacial score (nSPS) is 24.0. The van der Waals surface area contributed by atoms with Crippen LogP contribution in [0.25, 0.3) is 0 Å². The van der Waals surface area contributed by atoms with Crippen molar-refractivity contribution in [3.63, 3.8) is 0 Å². The third kappa shape index (κ3) is 5.01. The Morgan fingerprint density at radius 2 is 1.93 bits per heavy atom. The lowest BCUT2D eigenvalue weighted by atomic mass is 9.77. The third-order valence-corrected chi connectivity index (χ3v) is 6.07. The van der Waals surface area contributed by atoms with Gasteiger partial charge in [-0.05, 0) is 62.3 Å². The Bertz CT molecular complexity index is 760. The average molecular weight is 422 g/mol. The van der Waals surface area contributed by atoms with Crippen LogP contribution < -0.4 is 10.1 Å². The summed E-state index contributed by atoms with van der Waals surface area (Å²) in [4.78, 5) is 40.3. The predicted octanol–water partition coefficient (Wildman–Crippen LogP) is 3.07. The first-order chi connectivity index (χ1) is 13.8. The number of carbonyl (C=O) groups is 3. The van der Waals surface area contributed by atoms with Crippen molar-refractivity contribution >= 4 is 29.4 Å². The lowest BCUT2D eigenvalue weighted by Crippen LogP contribution is -2.50. The second-order valence-electron chi connectivity index (χ2n) is 8.06. The Morgan fingerprint density at radius 1 is 1.28 bits per heavy atom. The highest BCUT2D eigenvalue weighted by Crippen LogP contribution is 2.36. The summed E-state index contributed by atoms with van der Waals surface area (Å²) in [6.07, 6.45) is 3.72. The van der Waals surface area contributed by atoms with Crippen molar-refractivity contribution in [3.05, 3.63) is 29.3 Å². The quantitative estimate of drug-likeness (QED) is 0.542. The van der Waals surface area contributed by atoms with E-state index in [1.165, 1.54) is 4.90 Å². The zero-order valence-electron chi connectivity index (χ0n) is 16.9. The number of imide groups is 1. The number of amides is 4. The lowest BCUT2D eigenvalue weighted by Gasteiger charge is -2.33. The van der Waals surface area contributed by atoms with Crippen LogP contribution in [0.15, 0.2) is 24.3 Å². The van der Waals surface area contributed by atoms with Crippen LogP contribution in [0.1, 0.15) is 39.0 Å². The number of nitrogens with one attached hydrogen (secondary N) is 1. The first-order valence-electron chi connectivity index (χ1n) is 10.1. The summed E-state index contributed by atoms with van der Waals surface area (Å²) < 4.78 is 5.62. The molecule has 0 bridgehead atoms. The highest BCUT2D eigenvalue weighted by molar-refractivity contribution is 6.30. The molecule has 2 fully saturated rings. The van der Waals surface area contributed by atoms with Gasteiger partial charge in [-0.15, -0.1) is 0 Å². The molecule has 1 heterocycles. The van der Waals surface area contributed by atoms with Crippen LogP contribution in [0, 0.1) is 5.92 Å². The molecule has 1 spiro atoms. The van der Waals surface area contributed by atoms with Crippen molar-refractivity contribution in [2.75, 3.05) is 26.7 Å². The molecular formula is C21H28ClN3O4. The van der Waals surface area contributed by atoms with Crippen LogP contribution in [0.5, 0.6) is 5.75 Å². The van der Waals surface area contributed by atoms with Crippen molar-refractivity contribution in [2.24, 2.45) is 5.92 Å². The average Bonchev–Trinajstić information content (AvgIpc) is 2.93. The van der Waals surface area contributed by atoms with Gasteiger partial charge in [0.25, 0.3) is 5.91 Å². The van der Waals surface area contributed by atoms with E-state index in [-0.39, 0.29) is 18.4 Å². The van der Waals surface area contributed by atoms with E-state index in [2.05, 4.69) is 12.2 Å². The number of likely N-dealkylation sites (N-methyl/N-ethyl adjacent to an activating group) is 1. The number of ether oxygens (including phenoxy) is 1. The maximum atomic E-state index is 12.8. The summed E-state index contributed by atoms with van der Waals surface area (Å²) in [5.74, 6) is 0.750. The van der Waals surface area contributed by atoms with Gasteiger partial charge in [-0.3, -0.25) is 14.5 Å². The van der Waals surface area contributed by atoms with Crippen LogP contribution >= 0.6 is 11.6 Å². The fourth-order valence-corrected chi connectivity index (χ4v) is 3.94. The van der Waals surface area contributed by atoms with Gasteiger partial charge in [-0.1, -0.05) is 18.5 Å². The van der Waals surface area contributed by atoms with E-state index in [9.17, 15) is 14.4 Å². The topological polar surface area (TPSA) is 79.0 Å². The minimum atomic E-state index is -0.811. The standard InChI is InChI=1S/C21H28ClN3O4/c1-15-8-10-21(11-9-15)19(27)25(20(28)23-21)14-18(26)24(2)12-3-13-29-17-6-4-16(22)5-7-17/h4-7,15H,3,8-14H2,1-2H3,(H,23,28). The maximum absolute atomic E-state index is 12.8. The fourth-order valence-electron chi connectivity index (χ4n) is 3.82. The molecule has 1 saturated heterocycles. The lowest BCUT2D eigenvalue weighted by molar-refractivity contribution is -0.139. The molecule has 1 N–H and O–H groups in total. The number of hydrogen-bond donors (Lipinski definition) is 1. The first kappa shape index (κ1) is 21.4. The Kier molecular flexibility index (Phi) is 6.67. The van der Waals surface area contributed by atoms with Crippen molar-refractivity contribution in [3.8, 4) is 5.75 Å². The van der Waals surface area contributed by atoms with Gasteiger partial charge in [-0.2, -0.15) is 0 Å². The van der Waals surface area contributed by atoms with E-state index in [0.29, 0.717) is 43.4 Å². The molecule has 8 heteroatoms. The number of rotatable bonds is 7. The van der Waals surface area contributed by atoms with Crippen LogP contribution in [-0.2, 0) is 9.59 Å². The monoisotopic (exact) mass is 421 g/mol. The molecular weight excluding hydrogens is 394 g/mol. The molecule has 1 aromatic carbocycles. The Labute approximate surface area is 176 Å². The fraction of sp³-hybridized carbons (Fsp3) is 0.571. The highest BCUT2D eigenvalue weighted by atomic mass is 35.5. The summed E-state index contributed by atoms with van der Waals surface area (Å²) in [5, 5.41) is 3.49. The molecule has 1 aliphatic carbocycles. The molecule has 4 amide bonds. The SMILES string of the molecule is CC1CCC2(CC1)NC(=O)N(CC(=O)N(C)CCCOc1ccc(Cl)cc1)C2=O. The third-order valence-electron chi connectivity index (χ3n) is 5.81. The second-order valence-corrected chi connectivity index (χ2v) is 8.49. The number of carbonyl (C=O) groups excluding carboxylic acids is 3. The van der Waals surface area contributed by atoms with Crippen LogP contribution in [-0.4, -0.2) is 59.9 Å². The summed E-state index contributed by atoms with van der Waals surface area (Å²) in [5.41, 5.74) is -0.811. The van der Waals surface area contributed by atoms with Gasteiger partial charge in [0.15, 0.2) is 0 Å². The van der Waals surface area contributed by atoms with E-state index in [1.54, 1.807) is 31.3 Å². The summed E-state index contributed by atoms with van der Waals surface area (Å²) in [7, 11) is 1.67. The van der Waals surface area contributed by atoms with Gasteiger partial charge in [0.1, 0.15) is 17.8 Å². The number of benzene rings is 1. The molecule has 7 nitrogen and oxygen atoms in total. The van der Waals surface area contributed by atoms with Gasteiger partial charge in [0.05, 0.1) is 6.61 Å². The van der Waals surface area contributed by atoms with E-state index in [0.717, 1.165) is 23.5 Å². The van der Waals surface area contributed by atoms with Crippen molar-refractivity contribution in [2.45, 2.75) is 44.6 Å². The van der Waals surface area contributed by atoms with Gasteiger partial charge >= 0.3 is 6.03 Å². The Balaban J connectivity index is 1.44. The number of urea groups is 1. The molecule has 0 unspecified atom stereocenters. The van der Waals surface area contributed by atoms with Gasteiger partial charge < -0.3 is 15.0 Å². The summed E-state index contributed by atoms with van der Waals surface area (Å²) in [6.45, 7) is 2.85. The van der Waals surface area contributed by atoms with E-state index in [1.807, 2.05) is 0 Å². The van der Waals surface area contributed by atoms with Crippen molar-refractivity contribution < 1.29 is 19.1 Å². The van der Waals surface area contributed by atoms with Crippen LogP contribution in [0.4, 0.5) is 4.79 Å². The Hall–Kier alpha value is -2.28. The molecule has 1 saturated carbocycles. The molecule has 29 heavy (non-hydrogen) atoms. The predicted molar refractivity (Wildman–Crippen MR) is 110 cm³/mol. The second kappa shape index (κ2) is 9.03. The smallest absolute Gasteiger partial charge is 0.325 e. The molecule has 1 aromatic rings. The molecule has 2 aliphatic rings. The zero-order chi connectivity index (χ0) is 21.0. The maximum Gasteiger partial charge on any atom is 0.325 e. The first-order valence-corrected chi connectivity index (χ1v) is 10.4. The highest BCUT2D eigenvalue weighted by Gasteiger charge is 2.52. The van der Waals surface area contributed by atoms with E-state index in [4.69, 9.17) is 16.3 Å². The van der Waals surface area contributed by atoms with Gasteiger partial charge in [0.2, 0.25) is 5.91 Å². The van der Waals surface area contributed by atoms with Crippen molar-refractivity contribution in [1.29, 1.82) is 0 Å². The van der Waals surface area contributed by atoms with Crippen molar-refractivity contribution in [1.82, 2.24) is 15.1 Å². The molecule has 0 atom stereocenters. The molecule has 158 valence electrons. The Morgan fingerprint density at radius 3 is 2.59 bits per heavy atom.